The normalized spacial score (nSPS) is 12.8. The van der Waals surface area contributed by atoms with Crippen LogP contribution in [0.1, 0.15) is 61.3 Å². The molecule has 2 amide bonds. The van der Waals surface area contributed by atoms with Gasteiger partial charge in [-0.15, -0.1) is 11.6 Å². The van der Waals surface area contributed by atoms with Gasteiger partial charge in [0.1, 0.15) is 0 Å². The van der Waals surface area contributed by atoms with E-state index in [1.165, 1.54) is 0 Å². The second kappa shape index (κ2) is 12.4. The van der Waals surface area contributed by atoms with Crippen molar-refractivity contribution in [3.8, 4) is 0 Å². The van der Waals surface area contributed by atoms with Crippen LogP contribution in [0, 0.1) is 11.8 Å². The van der Waals surface area contributed by atoms with E-state index in [0.29, 0.717) is 41.7 Å². The second-order valence-electron chi connectivity index (χ2n) is 7.27. The Morgan fingerprint density at radius 1 is 0.893 bits per heavy atom. The molecule has 0 spiro atoms. The van der Waals surface area contributed by atoms with Gasteiger partial charge in [0, 0.05) is 29.9 Å². The summed E-state index contributed by atoms with van der Waals surface area (Å²) in [4.78, 5) is 36.6. The zero-order valence-electron chi connectivity index (χ0n) is 17.2. The van der Waals surface area contributed by atoms with Gasteiger partial charge in [-0.2, -0.15) is 0 Å². The quantitative estimate of drug-likeness (QED) is 0.461. The lowest BCUT2D eigenvalue weighted by Crippen LogP contribution is -2.30. The highest BCUT2D eigenvalue weighted by Crippen LogP contribution is 2.16. The number of ketones is 1. The summed E-state index contributed by atoms with van der Waals surface area (Å²) in [7, 11) is 0. The van der Waals surface area contributed by atoms with Gasteiger partial charge in [0.25, 0.3) is 11.8 Å². The van der Waals surface area contributed by atoms with Gasteiger partial charge in [-0.25, -0.2) is 0 Å². The lowest BCUT2D eigenvalue weighted by atomic mass is 10.1. The van der Waals surface area contributed by atoms with E-state index in [9.17, 15) is 14.4 Å². The molecule has 1 rings (SSSR count). The number of hydrogen-bond donors (Lipinski definition) is 3. The van der Waals surface area contributed by atoms with Gasteiger partial charge in [-0.1, -0.05) is 40.5 Å². The maximum Gasteiger partial charge on any atom is 0.251 e. The second-order valence-corrected chi connectivity index (χ2v) is 7.54. The summed E-state index contributed by atoms with van der Waals surface area (Å²) in [5.74, 6) is -0.0253. The molecular weight excluding hydrogens is 378 g/mol. The fourth-order valence-electron chi connectivity index (χ4n) is 2.27. The molecule has 0 aliphatic carbocycles. The van der Waals surface area contributed by atoms with Crippen LogP contribution in [-0.2, 0) is 4.79 Å². The van der Waals surface area contributed by atoms with Crippen molar-refractivity contribution in [3.05, 3.63) is 29.3 Å². The van der Waals surface area contributed by atoms with E-state index in [1.807, 2.05) is 0 Å². The number of nitrogens with one attached hydrogen (secondary N) is 3. The molecule has 3 N–H and O–H groups in total. The van der Waals surface area contributed by atoms with Crippen molar-refractivity contribution in [2.24, 2.45) is 11.8 Å². The Bertz CT molecular complexity index is 635. The molecule has 0 bridgehead atoms. The third-order valence-electron chi connectivity index (χ3n) is 4.71. The standard InChI is InChI=1S/C21H32ClN3O3/c1-5-14(3)11-24-20(27)16-7-17(21(28)25-12-15(4)6-2)9-18(8-16)23-13-19(26)10-22/h7-9,14-15,23H,5-6,10-13H2,1-4H3,(H,24,27)(H,25,28). The summed E-state index contributed by atoms with van der Waals surface area (Å²) < 4.78 is 0. The van der Waals surface area contributed by atoms with Crippen LogP contribution in [0.2, 0.25) is 0 Å². The fourth-order valence-corrected chi connectivity index (χ4v) is 2.36. The van der Waals surface area contributed by atoms with Crippen molar-refractivity contribution in [2.75, 3.05) is 30.8 Å². The number of rotatable bonds is 12. The first kappa shape index (κ1) is 24.0. The monoisotopic (exact) mass is 409 g/mol. The van der Waals surface area contributed by atoms with Crippen LogP contribution in [0.4, 0.5) is 5.69 Å². The SMILES string of the molecule is CCC(C)CNC(=O)c1cc(NCC(=O)CCl)cc(C(=O)NCC(C)CC)c1. The highest BCUT2D eigenvalue weighted by Gasteiger charge is 2.15. The molecule has 1 aromatic carbocycles. The predicted molar refractivity (Wildman–Crippen MR) is 114 cm³/mol. The van der Waals surface area contributed by atoms with E-state index in [0.717, 1.165) is 12.8 Å². The van der Waals surface area contributed by atoms with E-state index in [4.69, 9.17) is 11.6 Å². The minimum atomic E-state index is -0.247. The summed E-state index contributed by atoms with van der Waals surface area (Å²) in [5, 5.41) is 8.73. The van der Waals surface area contributed by atoms with Gasteiger partial charge < -0.3 is 16.0 Å². The van der Waals surface area contributed by atoms with Crippen molar-refractivity contribution in [2.45, 2.75) is 40.5 Å². The van der Waals surface area contributed by atoms with Crippen LogP contribution in [0.15, 0.2) is 18.2 Å². The molecule has 0 aliphatic rings. The molecule has 28 heavy (non-hydrogen) atoms. The lowest BCUT2D eigenvalue weighted by molar-refractivity contribution is -0.115. The van der Waals surface area contributed by atoms with Crippen LogP contribution < -0.4 is 16.0 Å². The van der Waals surface area contributed by atoms with Crippen molar-refractivity contribution in [1.82, 2.24) is 10.6 Å². The Balaban J connectivity index is 3.00. The number of anilines is 1. The fraction of sp³-hybridized carbons (Fsp3) is 0.571. The van der Waals surface area contributed by atoms with Crippen LogP contribution >= 0.6 is 11.6 Å². The number of amides is 2. The molecule has 1 aromatic rings. The van der Waals surface area contributed by atoms with Crippen LogP contribution in [0.3, 0.4) is 0 Å². The first-order chi connectivity index (χ1) is 13.3. The van der Waals surface area contributed by atoms with Gasteiger partial charge in [0.2, 0.25) is 0 Å². The molecule has 2 atom stereocenters. The van der Waals surface area contributed by atoms with Crippen LogP contribution in [-0.4, -0.2) is 43.1 Å². The Labute approximate surface area is 172 Å². The number of carbonyl (C=O) groups excluding carboxylic acids is 3. The first-order valence-electron chi connectivity index (χ1n) is 9.83. The molecule has 0 fully saturated rings. The molecule has 156 valence electrons. The molecule has 0 aliphatic heterocycles. The zero-order chi connectivity index (χ0) is 21.1. The first-order valence-corrected chi connectivity index (χ1v) is 10.4. The Kier molecular flexibility index (Phi) is 10.6. The third-order valence-corrected chi connectivity index (χ3v) is 5.01. The predicted octanol–water partition coefficient (Wildman–Crippen LogP) is 3.46. The van der Waals surface area contributed by atoms with E-state index in [-0.39, 0.29) is 30.0 Å². The summed E-state index contributed by atoms with van der Waals surface area (Å²) >= 11 is 5.53. The van der Waals surface area contributed by atoms with Gasteiger partial charge in [0.15, 0.2) is 5.78 Å². The highest BCUT2D eigenvalue weighted by atomic mass is 35.5. The van der Waals surface area contributed by atoms with Crippen molar-refractivity contribution in [3.63, 3.8) is 0 Å². The molecule has 0 radical (unpaired) electrons. The van der Waals surface area contributed by atoms with Gasteiger partial charge in [-0.05, 0) is 30.0 Å². The molecule has 2 unspecified atom stereocenters. The van der Waals surface area contributed by atoms with Gasteiger partial charge >= 0.3 is 0 Å². The summed E-state index contributed by atoms with van der Waals surface area (Å²) in [5.41, 5.74) is 1.28. The molecule has 0 aromatic heterocycles. The smallest absolute Gasteiger partial charge is 0.251 e. The number of alkyl halides is 1. The maximum atomic E-state index is 12.5. The number of benzene rings is 1. The largest absolute Gasteiger partial charge is 0.378 e. The number of halogens is 1. The van der Waals surface area contributed by atoms with Crippen LogP contribution in [0.5, 0.6) is 0 Å². The number of hydrogen-bond acceptors (Lipinski definition) is 4. The maximum absolute atomic E-state index is 12.5. The van der Waals surface area contributed by atoms with Crippen molar-refractivity contribution < 1.29 is 14.4 Å². The summed E-state index contributed by atoms with van der Waals surface area (Å²) in [6, 6.07) is 4.85. The Hall–Kier alpha value is -2.08. The van der Waals surface area contributed by atoms with Crippen molar-refractivity contribution >= 4 is 34.9 Å². The van der Waals surface area contributed by atoms with E-state index >= 15 is 0 Å². The summed E-state index contributed by atoms with van der Waals surface area (Å²) in [6.07, 6.45) is 1.93. The molecule has 0 saturated heterocycles. The van der Waals surface area contributed by atoms with Gasteiger partial charge in [-0.3, -0.25) is 14.4 Å². The summed E-state index contributed by atoms with van der Waals surface area (Å²) in [6.45, 7) is 9.41. The van der Waals surface area contributed by atoms with Crippen LogP contribution in [0.25, 0.3) is 0 Å². The van der Waals surface area contributed by atoms with E-state index < -0.39 is 0 Å². The molecule has 6 nitrogen and oxygen atoms in total. The minimum Gasteiger partial charge on any atom is -0.378 e. The van der Waals surface area contributed by atoms with E-state index in [1.54, 1.807) is 18.2 Å². The molecule has 0 saturated carbocycles. The molecule has 7 heteroatoms. The average molecular weight is 410 g/mol. The third kappa shape index (κ3) is 8.30. The zero-order valence-corrected chi connectivity index (χ0v) is 18.0. The van der Waals surface area contributed by atoms with Gasteiger partial charge in [0.05, 0.1) is 12.4 Å². The van der Waals surface area contributed by atoms with Crippen molar-refractivity contribution in [1.29, 1.82) is 0 Å². The highest BCUT2D eigenvalue weighted by molar-refractivity contribution is 6.28. The molecule has 0 heterocycles. The molecular formula is C21H32ClN3O3. The van der Waals surface area contributed by atoms with E-state index in [2.05, 4.69) is 43.6 Å². The number of Topliss-reactive ketones (excluding diaryl/α,β-unsaturated/α-hetero) is 1. The Morgan fingerprint density at radius 2 is 1.36 bits per heavy atom. The minimum absolute atomic E-state index is 0.0371. The Morgan fingerprint density at radius 3 is 1.75 bits per heavy atom. The average Bonchev–Trinajstić information content (AvgIpc) is 2.72. The topological polar surface area (TPSA) is 87.3 Å². The lowest BCUT2D eigenvalue weighted by Gasteiger charge is -2.14. The number of carbonyl (C=O) groups is 3.